The summed E-state index contributed by atoms with van der Waals surface area (Å²) < 4.78 is 8.57. The highest BCUT2D eigenvalue weighted by Crippen LogP contribution is 2.31. The Bertz CT molecular complexity index is 493. The van der Waals surface area contributed by atoms with Gasteiger partial charge in [-0.2, -0.15) is 0 Å². The van der Waals surface area contributed by atoms with Crippen molar-refractivity contribution in [3.63, 3.8) is 0 Å². The van der Waals surface area contributed by atoms with Crippen molar-refractivity contribution in [2.24, 2.45) is 0 Å². The number of rotatable bonds is 0. The normalized spacial score (nSPS) is 12.9. The molecule has 0 unspecified atom stereocenters. The van der Waals surface area contributed by atoms with E-state index in [1.54, 1.807) is 6.20 Å². The van der Waals surface area contributed by atoms with E-state index in [1.807, 2.05) is 24.3 Å². The van der Waals surface area contributed by atoms with E-state index in [-0.39, 0.29) is 0 Å². The summed E-state index contributed by atoms with van der Waals surface area (Å²) in [6, 6.07) is 7.94. The number of para-hydroxylation sites is 2. The highest BCUT2D eigenvalue weighted by atomic mass is 79.9. The average molecular weight is 251 g/mol. The molecule has 4 heteroatoms. The lowest BCUT2D eigenvalue weighted by molar-refractivity contribution is 0.279. The lowest BCUT2D eigenvalue weighted by Crippen LogP contribution is -2.12. The van der Waals surface area contributed by atoms with Crippen LogP contribution >= 0.6 is 15.9 Å². The van der Waals surface area contributed by atoms with Crippen LogP contribution < -0.4 is 4.74 Å². The van der Waals surface area contributed by atoms with Gasteiger partial charge in [0.1, 0.15) is 17.0 Å². The predicted molar refractivity (Wildman–Crippen MR) is 55.6 cm³/mol. The third-order valence-electron chi connectivity index (χ3n) is 2.25. The molecule has 0 aliphatic carbocycles. The number of halogens is 1. The van der Waals surface area contributed by atoms with Gasteiger partial charge in [-0.15, -0.1) is 0 Å². The average Bonchev–Trinajstić information content (AvgIpc) is 2.61. The van der Waals surface area contributed by atoms with Gasteiger partial charge in [0, 0.05) is 0 Å². The number of ether oxygens (including phenoxy) is 1. The van der Waals surface area contributed by atoms with Crippen LogP contribution in [0.5, 0.6) is 5.75 Å². The number of aromatic nitrogens is 2. The lowest BCUT2D eigenvalue weighted by atomic mass is 10.2. The molecular formula is C10H7BrN2O. The number of imidazole rings is 1. The molecule has 0 fully saturated rings. The smallest absolute Gasteiger partial charge is 0.152 e. The molecule has 1 aliphatic rings. The van der Waals surface area contributed by atoms with Crippen LogP contribution in [-0.4, -0.2) is 9.55 Å². The van der Waals surface area contributed by atoms with E-state index in [0.29, 0.717) is 6.61 Å². The van der Waals surface area contributed by atoms with Crippen molar-refractivity contribution >= 4 is 15.9 Å². The standard InChI is InChI=1S/C10H7BrN2O/c11-9-5-12-10-6-14-8-4-2-1-3-7(8)13(9)10/h1-5H,6H2. The molecule has 0 N–H and O–H groups in total. The molecule has 2 heterocycles. The summed E-state index contributed by atoms with van der Waals surface area (Å²) in [7, 11) is 0. The molecule has 0 atom stereocenters. The molecule has 0 bridgehead atoms. The summed E-state index contributed by atoms with van der Waals surface area (Å²) in [4.78, 5) is 4.25. The number of nitrogens with zero attached hydrogens (tertiary/aromatic N) is 2. The van der Waals surface area contributed by atoms with Crippen LogP contribution in [0.25, 0.3) is 5.69 Å². The first-order valence-electron chi connectivity index (χ1n) is 4.30. The summed E-state index contributed by atoms with van der Waals surface area (Å²) >= 11 is 3.47. The summed E-state index contributed by atoms with van der Waals surface area (Å²) in [6.07, 6.45) is 1.79. The maximum Gasteiger partial charge on any atom is 0.152 e. The van der Waals surface area contributed by atoms with Gasteiger partial charge in [0.2, 0.25) is 0 Å². The number of hydrogen-bond donors (Lipinski definition) is 0. The quantitative estimate of drug-likeness (QED) is 0.719. The van der Waals surface area contributed by atoms with Crippen molar-refractivity contribution in [1.29, 1.82) is 0 Å². The molecular weight excluding hydrogens is 244 g/mol. The van der Waals surface area contributed by atoms with E-state index in [1.165, 1.54) is 0 Å². The molecule has 70 valence electrons. The monoisotopic (exact) mass is 250 g/mol. The number of benzene rings is 1. The molecule has 3 nitrogen and oxygen atoms in total. The van der Waals surface area contributed by atoms with Crippen LogP contribution in [0.4, 0.5) is 0 Å². The summed E-state index contributed by atoms with van der Waals surface area (Å²) in [5.74, 6) is 1.83. The van der Waals surface area contributed by atoms with Crippen LogP contribution in [0.2, 0.25) is 0 Å². The van der Waals surface area contributed by atoms with Gasteiger partial charge < -0.3 is 4.74 Å². The molecule has 1 aromatic carbocycles. The van der Waals surface area contributed by atoms with E-state index < -0.39 is 0 Å². The van der Waals surface area contributed by atoms with E-state index >= 15 is 0 Å². The Kier molecular flexibility index (Phi) is 1.64. The number of hydrogen-bond acceptors (Lipinski definition) is 2. The van der Waals surface area contributed by atoms with Crippen LogP contribution in [0.1, 0.15) is 5.82 Å². The fraction of sp³-hybridized carbons (Fsp3) is 0.100. The molecule has 3 rings (SSSR count). The highest BCUT2D eigenvalue weighted by molar-refractivity contribution is 9.10. The Hall–Kier alpha value is -1.29. The van der Waals surface area contributed by atoms with E-state index in [0.717, 1.165) is 21.9 Å². The van der Waals surface area contributed by atoms with Crippen LogP contribution in [0.15, 0.2) is 35.1 Å². The summed E-state index contributed by atoms with van der Waals surface area (Å²) in [6.45, 7) is 0.530. The van der Waals surface area contributed by atoms with E-state index in [9.17, 15) is 0 Å². The van der Waals surface area contributed by atoms with Crippen molar-refractivity contribution in [2.75, 3.05) is 0 Å². The Balaban J connectivity index is 2.32. The Morgan fingerprint density at radius 1 is 1.36 bits per heavy atom. The second-order valence-electron chi connectivity index (χ2n) is 3.09. The highest BCUT2D eigenvalue weighted by Gasteiger charge is 2.18. The minimum absolute atomic E-state index is 0.530. The van der Waals surface area contributed by atoms with Gasteiger partial charge >= 0.3 is 0 Å². The first kappa shape index (κ1) is 8.05. The van der Waals surface area contributed by atoms with Crippen molar-refractivity contribution in [2.45, 2.75) is 6.61 Å². The molecule has 0 radical (unpaired) electrons. The molecule has 1 aromatic heterocycles. The van der Waals surface area contributed by atoms with Gasteiger partial charge in [-0.05, 0) is 28.1 Å². The summed E-state index contributed by atoms with van der Waals surface area (Å²) in [5, 5.41) is 0. The molecule has 0 saturated heterocycles. The molecule has 2 aromatic rings. The first-order chi connectivity index (χ1) is 6.86. The van der Waals surface area contributed by atoms with Crippen molar-refractivity contribution in [1.82, 2.24) is 9.55 Å². The van der Waals surface area contributed by atoms with Crippen LogP contribution in [0, 0.1) is 0 Å². The third kappa shape index (κ3) is 1.00. The maximum absolute atomic E-state index is 5.56. The van der Waals surface area contributed by atoms with Crippen molar-refractivity contribution in [3.8, 4) is 11.4 Å². The Labute approximate surface area is 89.5 Å². The van der Waals surface area contributed by atoms with Gasteiger partial charge in [-0.25, -0.2) is 4.98 Å². The molecule has 0 spiro atoms. The van der Waals surface area contributed by atoms with Gasteiger partial charge in [-0.3, -0.25) is 4.57 Å². The molecule has 0 amide bonds. The van der Waals surface area contributed by atoms with Crippen LogP contribution in [-0.2, 0) is 6.61 Å². The Morgan fingerprint density at radius 3 is 3.14 bits per heavy atom. The zero-order valence-electron chi connectivity index (χ0n) is 7.27. The minimum atomic E-state index is 0.530. The lowest BCUT2D eigenvalue weighted by Gasteiger charge is -2.19. The largest absolute Gasteiger partial charge is 0.483 e. The van der Waals surface area contributed by atoms with Crippen molar-refractivity contribution in [3.05, 3.63) is 40.9 Å². The molecule has 1 aliphatic heterocycles. The van der Waals surface area contributed by atoms with E-state index in [2.05, 4.69) is 25.5 Å². The van der Waals surface area contributed by atoms with E-state index in [4.69, 9.17) is 4.74 Å². The predicted octanol–water partition coefficient (Wildman–Crippen LogP) is 2.53. The second kappa shape index (κ2) is 2.85. The minimum Gasteiger partial charge on any atom is -0.483 e. The Morgan fingerprint density at radius 2 is 2.21 bits per heavy atom. The summed E-state index contributed by atoms with van der Waals surface area (Å²) in [5.41, 5.74) is 1.04. The van der Waals surface area contributed by atoms with Gasteiger partial charge in [0.25, 0.3) is 0 Å². The van der Waals surface area contributed by atoms with Crippen molar-refractivity contribution < 1.29 is 4.74 Å². The fourth-order valence-corrected chi connectivity index (χ4v) is 2.13. The second-order valence-corrected chi connectivity index (χ2v) is 3.90. The fourth-order valence-electron chi connectivity index (χ4n) is 1.63. The molecule has 14 heavy (non-hydrogen) atoms. The zero-order chi connectivity index (χ0) is 9.54. The van der Waals surface area contributed by atoms with Crippen LogP contribution in [0.3, 0.4) is 0 Å². The third-order valence-corrected chi connectivity index (χ3v) is 2.81. The van der Waals surface area contributed by atoms with Gasteiger partial charge in [0.05, 0.1) is 11.9 Å². The zero-order valence-corrected chi connectivity index (χ0v) is 8.86. The SMILES string of the molecule is Brc1cnc2n1-c1ccccc1OC2. The maximum atomic E-state index is 5.56. The number of fused-ring (bicyclic) bond motifs is 3. The topological polar surface area (TPSA) is 27.1 Å². The van der Waals surface area contributed by atoms with Gasteiger partial charge in [0.15, 0.2) is 5.82 Å². The first-order valence-corrected chi connectivity index (χ1v) is 5.10. The molecule has 0 saturated carbocycles. The van der Waals surface area contributed by atoms with Gasteiger partial charge in [-0.1, -0.05) is 12.1 Å².